The molecule has 3 rings (SSSR count). The number of anilines is 3. The van der Waals surface area contributed by atoms with Crippen molar-refractivity contribution in [2.45, 2.75) is 0 Å². The summed E-state index contributed by atoms with van der Waals surface area (Å²) in [7, 11) is 1.76. The van der Waals surface area contributed by atoms with Crippen LogP contribution in [-0.4, -0.2) is 28.8 Å². The van der Waals surface area contributed by atoms with Crippen LogP contribution in [0, 0.1) is 0 Å². The van der Waals surface area contributed by atoms with Gasteiger partial charge in [0.1, 0.15) is 18.0 Å². The van der Waals surface area contributed by atoms with Crippen LogP contribution in [0.25, 0.3) is 0 Å². The van der Waals surface area contributed by atoms with Crippen molar-refractivity contribution in [2.75, 3.05) is 17.7 Å². The molecule has 0 saturated carbocycles. The third kappa shape index (κ3) is 2.05. The second-order valence-electron chi connectivity index (χ2n) is 4.21. The van der Waals surface area contributed by atoms with Gasteiger partial charge in [0, 0.05) is 18.8 Å². The van der Waals surface area contributed by atoms with Crippen LogP contribution in [0.2, 0.25) is 0 Å². The van der Waals surface area contributed by atoms with Gasteiger partial charge in [-0.05, 0) is 18.2 Å². The highest BCUT2D eigenvalue weighted by Gasteiger charge is 2.26. The van der Waals surface area contributed by atoms with Gasteiger partial charge in [0.2, 0.25) is 0 Å². The Bertz CT molecular complexity index is 714. The Hall–Kier alpha value is -2.96. The number of aromatic nitrogens is 2. The van der Waals surface area contributed by atoms with E-state index in [9.17, 15) is 9.59 Å². The van der Waals surface area contributed by atoms with Gasteiger partial charge in [-0.2, -0.15) is 0 Å². The maximum absolute atomic E-state index is 11.6. The average molecular weight is 269 g/mol. The minimum absolute atomic E-state index is 0.364. The van der Waals surface area contributed by atoms with Crippen molar-refractivity contribution in [3.05, 3.63) is 41.7 Å². The molecule has 1 aromatic heterocycles. The molecule has 2 heterocycles. The lowest BCUT2D eigenvalue weighted by Crippen LogP contribution is -2.19. The fraction of sp³-hybridized carbons (Fsp3) is 0.0769. The van der Waals surface area contributed by atoms with Gasteiger partial charge >= 0.3 is 0 Å². The van der Waals surface area contributed by atoms with Crippen molar-refractivity contribution in [1.82, 2.24) is 15.3 Å². The number of amides is 2. The zero-order valence-electron chi connectivity index (χ0n) is 10.6. The van der Waals surface area contributed by atoms with E-state index in [-0.39, 0.29) is 11.8 Å². The first-order valence-electron chi connectivity index (χ1n) is 5.94. The number of rotatable bonds is 3. The fourth-order valence-electron chi connectivity index (χ4n) is 1.96. The Kier molecular flexibility index (Phi) is 2.79. The second kappa shape index (κ2) is 4.61. The minimum Gasteiger partial charge on any atom is -0.373 e. The van der Waals surface area contributed by atoms with Gasteiger partial charge in [-0.3, -0.25) is 14.9 Å². The van der Waals surface area contributed by atoms with Crippen molar-refractivity contribution in [1.29, 1.82) is 0 Å². The van der Waals surface area contributed by atoms with Crippen LogP contribution in [0.1, 0.15) is 20.7 Å². The van der Waals surface area contributed by atoms with E-state index < -0.39 is 0 Å². The third-order valence-electron chi connectivity index (χ3n) is 2.93. The van der Waals surface area contributed by atoms with Crippen molar-refractivity contribution in [2.24, 2.45) is 0 Å². The highest BCUT2D eigenvalue weighted by molar-refractivity contribution is 6.21. The predicted molar refractivity (Wildman–Crippen MR) is 73.1 cm³/mol. The molecule has 2 amide bonds. The number of nitrogens with one attached hydrogen (secondary N) is 3. The summed E-state index contributed by atoms with van der Waals surface area (Å²) in [4.78, 5) is 31.1. The van der Waals surface area contributed by atoms with Crippen LogP contribution in [0.15, 0.2) is 30.6 Å². The van der Waals surface area contributed by atoms with Crippen LogP contribution < -0.4 is 16.0 Å². The number of imide groups is 1. The number of benzene rings is 1. The molecule has 20 heavy (non-hydrogen) atoms. The maximum atomic E-state index is 11.6. The molecule has 3 N–H and O–H groups in total. The average Bonchev–Trinajstić information content (AvgIpc) is 2.74. The lowest BCUT2D eigenvalue weighted by Gasteiger charge is -2.07. The Labute approximate surface area is 114 Å². The number of hydrogen-bond acceptors (Lipinski definition) is 6. The third-order valence-corrected chi connectivity index (χ3v) is 2.93. The monoisotopic (exact) mass is 269 g/mol. The maximum Gasteiger partial charge on any atom is 0.259 e. The van der Waals surface area contributed by atoms with E-state index in [1.54, 1.807) is 31.3 Å². The Balaban J connectivity index is 1.90. The summed E-state index contributed by atoms with van der Waals surface area (Å²) in [6.07, 6.45) is 1.43. The normalized spacial score (nSPS) is 12.8. The lowest BCUT2D eigenvalue weighted by atomic mass is 10.1. The molecule has 1 aliphatic rings. The van der Waals surface area contributed by atoms with Crippen molar-refractivity contribution in [3.63, 3.8) is 0 Å². The summed E-state index contributed by atoms with van der Waals surface area (Å²) in [6.45, 7) is 0. The molecule has 100 valence electrons. The van der Waals surface area contributed by atoms with Crippen LogP contribution in [0.4, 0.5) is 17.3 Å². The highest BCUT2D eigenvalue weighted by Crippen LogP contribution is 2.22. The first-order chi connectivity index (χ1) is 9.67. The van der Waals surface area contributed by atoms with Crippen LogP contribution >= 0.6 is 0 Å². The molecule has 0 unspecified atom stereocenters. The minimum atomic E-state index is -0.382. The molecule has 2 aromatic rings. The van der Waals surface area contributed by atoms with Gasteiger partial charge in [-0.15, -0.1) is 0 Å². The summed E-state index contributed by atoms with van der Waals surface area (Å²) < 4.78 is 0. The Morgan fingerprint density at radius 1 is 1.00 bits per heavy atom. The summed E-state index contributed by atoms with van der Waals surface area (Å²) in [6, 6.07) is 6.69. The Morgan fingerprint density at radius 3 is 2.55 bits per heavy atom. The largest absolute Gasteiger partial charge is 0.373 e. The molecule has 0 saturated heterocycles. The predicted octanol–water partition coefficient (Wildman–Crippen LogP) is 1.15. The molecule has 0 fully saturated rings. The summed E-state index contributed by atoms with van der Waals surface area (Å²) in [5.41, 5.74) is 1.43. The summed E-state index contributed by atoms with van der Waals surface area (Å²) in [5.74, 6) is 0.522. The number of fused-ring (bicyclic) bond motifs is 1. The summed E-state index contributed by atoms with van der Waals surface area (Å²) >= 11 is 0. The first kappa shape index (κ1) is 12.1. The van der Waals surface area contributed by atoms with E-state index in [0.717, 1.165) is 0 Å². The van der Waals surface area contributed by atoms with Gasteiger partial charge in [0.25, 0.3) is 11.8 Å². The lowest BCUT2D eigenvalue weighted by molar-refractivity contribution is 0.0879. The van der Waals surface area contributed by atoms with Crippen LogP contribution in [0.3, 0.4) is 0 Å². The number of hydrogen-bond donors (Lipinski definition) is 3. The molecule has 0 spiro atoms. The SMILES string of the molecule is CNc1cc(Nc2ccc3c(c2)C(=O)NC3=O)ncn1. The molecule has 7 nitrogen and oxygen atoms in total. The van der Waals surface area contributed by atoms with Crippen LogP contribution in [-0.2, 0) is 0 Å². The highest BCUT2D eigenvalue weighted by atomic mass is 16.2. The number of nitrogens with zero attached hydrogens (tertiary/aromatic N) is 2. The molecular formula is C13H11N5O2. The van der Waals surface area contributed by atoms with E-state index in [4.69, 9.17) is 0 Å². The molecule has 0 bridgehead atoms. The second-order valence-corrected chi connectivity index (χ2v) is 4.21. The van der Waals surface area contributed by atoms with Gasteiger partial charge in [0.15, 0.2) is 0 Å². The van der Waals surface area contributed by atoms with E-state index >= 15 is 0 Å². The molecular weight excluding hydrogens is 258 g/mol. The van der Waals surface area contributed by atoms with Crippen molar-refractivity contribution >= 4 is 29.1 Å². The van der Waals surface area contributed by atoms with Gasteiger partial charge in [-0.25, -0.2) is 9.97 Å². The summed E-state index contributed by atoms with van der Waals surface area (Å²) in [5, 5.41) is 8.22. The molecule has 1 aromatic carbocycles. The van der Waals surface area contributed by atoms with E-state index in [1.807, 2.05) is 0 Å². The zero-order valence-corrected chi connectivity index (χ0v) is 10.6. The fourth-order valence-corrected chi connectivity index (χ4v) is 1.96. The van der Waals surface area contributed by atoms with E-state index in [1.165, 1.54) is 6.33 Å². The van der Waals surface area contributed by atoms with E-state index in [2.05, 4.69) is 25.9 Å². The first-order valence-corrected chi connectivity index (χ1v) is 5.94. The zero-order chi connectivity index (χ0) is 14.1. The molecule has 0 radical (unpaired) electrons. The molecule has 7 heteroatoms. The van der Waals surface area contributed by atoms with Crippen molar-refractivity contribution in [3.8, 4) is 0 Å². The quantitative estimate of drug-likeness (QED) is 0.723. The standard InChI is InChI=1S/C13H11N5O2/c1-14-10-5-11(16-6-15-10)17-7-2-3-8-9(4-7)13(20)18-12(8)19/h2-6H,1H3,(H,18,19,20)(H2,14,15,16,17). The van der Waals surface area contributed by atoms with Crippen LogP contribution in [0.5, 0.6) is 0 Å². The number of carbonyl (C=O) groups excluding carboxylic acids is 2. The molecule has 0 atom stereocenters. The number of carbonyl (C=O) groups is 2. The van der Waals surface area contributed by atoms with Gasteiger partial charge in [0.05, 0.1) is 11.1 Å². The smallest absolute Gasteiger partial charge is 0.259 e. The molecule has 1 aliphatic heterocycles. The topological polar surface area (TPSA) is 96.0 Å². The van der Waals surface area contributed by atoms with Gasteiger partial charge in [-0.1, -0.05) is 0 Å². The van der Waals surface area contributed by atoms with Crippen molar-refractivity contribution < 1.29 is 9.59 Å². The van der Waals surface area contributed by atoms with E-state index in [0.29, 0.717) is 28.5 Å². The van der Waals surface area contributed by atoms with Gasteiger partial charge < -0.3 is 10.6 Å². The molecule has 0 aliphatic carbocycles. The Morgan fingerprint density at radius 2 is 1.75 bits per heavy atom.